The minimum atomic E-state index is -0.417. The molecule has 0 saturated heterocycles. The average Bonchev–Trinajstić information content (AvgIpc) is 2.79. The van der Waals surface area contributed by atoms with Gasteiger partial charge in [-0.1, -0.05) is 38.8 Å². The fourth-order valence-electron chi connectivity index (χ4n) is 3.90. The first kappa shape index (κ1) is 25.3. The van der Waals surface area contributed by atoms with Crippen LogP contribution in [-0.2, 0) is 0 Å². The zero-order valence-corrected chi connectivity index (χ0v) is 19.7. The van der Waals surface area contributed by atoms with E-state index in [4.69, 9.17) is 4.98 Å². The van der Waals surface area contributed by atoms with Gasteiger partial charge in [0.15, 0.2) is 0 Å². The molecule has 8 nitrogen and oxygen atoms in total. The lowest BCUT2D eigenvalue weighted by atomic mass is 9.87. The monoisotopic (exact) mass is 440 g/mol. The molecular weight excluding hydrogens is 404 g/mol. The zero-order chi connectivity index (χ0) is 23.5. The van der Waals surface area contributed by atoms with E-state index in [9.17, 15) is 10.1 Å². The second-order valence-electron chi connectivity index (χ2n) is 8.14. The molecule has 8 heteroatoms. The van der Waals surface area contributed by atoms with Crippen molar-refractivity contribution in [2.24, 2.45) is 0 Å². The van der Waals surface area contributed by atoms with E-state index in [1.807, 2.05) is 19.2 Å². The Labute approximate surface area is 191 Å². The number of anilines is 1. The van der Waals surface area contributed by atoms with Crippen LogP contribution in [-0.4, -0.2) is 28.5 Å². The summed E-state index contributed by atoms with van der Waals surface area (Å²) < 4.78 is 0. The van der Waals surface area contributed by atoms with Crippen LogP contribution in [0.25, 0.3) is 0 Å². The highest BCUT2D eigenvalue weighted by Gasteiger charge is 2.17. The molecule has 1 aromatic heterocycles. The zero-order valence-electron chi connectivity index (χ0n) is 19.7. The Morgan fingerprint density at radius 2 is 2.00 bits per heavy atom. The maximum atomic E-state index is 11.2. The van der Waals surface area contributed by atoms with Gasteiger partial charge >= 0.3 is 0 Å². The number of hydrazine groups is 1. The molecule has 32 heavy (non-hydrogen) atoms. The summed E-state index contributed by atoms with van der Waals surface area (Å²) in [5.74, 6) is 1.15. The summed E-state index contributed by atoms with van der Waals surface area (Å²) in [6, 6.07) is 2.03. The number of nitrogens with zero attached hydrogens (tertiary/aromatic N) is 3. The van der Waals surface area contributed by atoms with Crippen molar-refractivity contribution in [3.63, 3.8) is 0 Å². The molecule has 0 bridgehead atoms. The summed E-state index contributed by atoms with van der Waals surface area (Å²) in [6.07, 6.45) is 12.1. The number of hydrogen-bond donors (Lipinski definition) is 3. The van der Waals surface area contributed by atoms with Gasteiger partial charge in [-0.2, -0.15) is 0 Å². The van der Waals surface area contributed by atoms with Crippen molar-refractivity contribution in [1.82, 2.24) is 20.8 Å². The van der Waals surface area contributed by atoms with Gasteiger partial charge in [0.2, 0.25) is 5.95 Å². The molecule has 0 radical (unpaired) electrons. The molecular formula is C24H36N6O2. The van der Waals surface area contributed by atoms with Gasteiger partial charge in [0.25, 0.3) is 5.70 Å². The molecule has 1 aromatic rings. The molecule has 1 aliphatic carbocycles. The predicted molar refractivity (Wildman–Crippen MR) is 130 cm³/mol. The van der Waals surface area contributed by atoms with Crippen LogP contribution < -0.4 is 16.2 Å². The van der Waals surface area contributed by atoms with E-state index < -0.39 is 4.92 Å². The molecule has 0 atom stereocenters. The fourth-order valence-corrected chi connectivity index (χ4v) is 3.90. The molecule has 0 aliphatic heterocycles. The van der Waals surface area contributed by atoms with Gasteiger partial charge < -0.3 is 10.7 Å². The molecule has 0 spiro atoms. The summed E-state index contributed by atoms with van der Waals surface area (Å²) in [5.41, 5.74) is 10.5. The molecule has 174 valence electrons. The Kier molecular flexibility index (Phi) is 10.1. The number of nitrogens with one attached hydrogen (secondary N) is 3. The van der Waals surface area contributed by atoms with Gasteiger partial charge in [0.1, 0.15) is 0 Å². The van der Waals surface area contributed by atoms with E-state index in [0.29, 0.717) is 24.0 Å². The molecule has 1 saturated carbocycles. The first-order chi connectivity index (χ1) is 15.4. The topological polar surface area (TPSA) is 105 Å². The lowest BCUT2D eigenvalue weighted by molar-refractivity contribution is -0.420. The van der Waals surface area contributed by atoms with Gasteiger partial charge in [-0.25, -0.2) is 15.4 Å². The summed E-state index contributed by atoms with van der Waals surface area (Å²) in [7, 11) is 1.79. The number of allylic oxidation sites excluding steroid dienone is 4. The minimum absolute atomic E-state index is 0.00254. The molecule has 0 amide bonds. The quantitative estimate of drug-likeness (QED) is 0.252. The van der Waals surface area contributed by atoms with Gasteiger partial charge in [0, 0.05) is 43.1 Å². The first-order valence-electron chi connectivity index (χ1n) is 11.3. The van der Waals surface area contributed by atoms with Crippen LogP contribution in [0.4, 0.5) is 5.95 Å². The van der Waals surface area contributed by atoms with Crippen molar-refractivity contribution < 1.29 is 4.92 Å². The van der Waals surface area contributed by atoms with Crippen LogP contribution in [0, 0.1) is 10.1 Å². The van der Waals surface area contributed by atoms with Gasteiger partial charge in [0.05, 0.1) is 10.6 Å². The first-order valence-corrected chi connectivity index (χ1v) is 11.3. The highest BCUT2D eigenvalue weighted by Crippen LogP contribution is 2.31. The second kappa shape index (κ2) is 12.8. The smallest absolute Gasteiger partial charge is 0.271 e. The van der Waals surface area contributed by atoms with Crippen molar-refractivity contribution in [3.05, 3.63) is 74.9 Å². The Morgan fingerprint density at radius 3 is 2.59 bits per heavy atom. The van der Waals surface area contributed by atoms with E-state index in [2.05, 4.69) is 34.7 Å². The third-order valence-electron chi connectivity index (χ3n) is 5.71. The van der Waals surface area contributed by atoms with Crippen molar-refractivity contribution >= 4 is 5.95 Å². The van der Waals surface area contributed by atoms with Crippen molar-refractivity contribution in [3.8, 4) is 0 Å². The average molecular weight is 441 g/mol. The van der Waals surface area contributed by atoms with E-state index in [0.717, 1.165) is 29.0 Å². The van der Waals surface area contributed by atoms with Crippen molar-refractivity contribution in [2.75, 3.05) is 18.9 Å². The lowest BCUT2D eigenvalue weighted by Gasteiger charge is -2.21. The largest absolute Gasteiger partial charge is 0.350 e. The maximum absolute atomic E-state index is 11.2. The summed E-state index contributed by atoms with van der Waals surface area (Å²) in [4.78, 5) is 20.0. The highest BCUT2D eigenvalue weighted by molar-refractivity contribution is 5.39. The predicted octanol–water partition coefficient (Wildman–Crippen LogP) is 5.01. The number of nitro groups is 1. The molecule has 1 fully saturated rings. The van der Waals surface area contributed by atoms with E-state index in [-0.39, 0.29) is 5.70 Å². The van der Waals surface area contributed by atoms with E-state index in [1.54, 1.807) is 20.0 Å². The molecule has 1 heterocycles. The standard InChI is InChI=1S/C24H36N6O2/c1-6-19(23(29-25-5)18(4)12-13-22(17(2)3)30(31)32)16-27-24-26-15-14-21(28-24)20-10-8-7-9-11-20/h12-15,20,25,29H,2,6-11,16H2,1,3-5H3,(H,26,27,28)/b18-12+,22-13+,23-19+. The van der Waals surface area contributed by atoms with Crippen LogP contribution in [0.5, 0.6) is 0 Å². The Morgan fingerprint density at radius 1 is 1.28 bits per heavy atom. The number of rotatable bonds is 11. The van der Waals surface area contributed by atoms with Crippen LogP contribution >= 0.6 is 0 Å². The number of aromatic nitrogens is 2. The Balaban J connectivity index is 2.22. The Bertz CT molecular complexity index is 882. The van der Waals surface area contributed by atoms with Crippen LogP contribution in [0.3, 0.4) is 0 Å². The van der Waals surface area contributed by atoms with E-state index in [1.165, 1.54) is 38.2 Å². The SMILES string of the molecule is C=C(C)\C(=C/C=C(C)/C(NNC)=C(/CC)CNc1nccc(C2CCCCC2)n1)[N+](=O)[O-]. The third-order valence-corrected chi connectivity index (χ3v) is 5.71. The molecule has 0 unspecified atom stereocenters. The van der Waals surface area contributed by atoms with Crippen molar-refractivity contribution in [2.45, 2.75) is 65.2 Å². The van der Waals surface area contributed by atoms with Gasteiger partial charge in [-0.15, -0.1) is 0 Å². The Hall–Kier alpha value is -3.00. The van der Waals surface area contributed by atoms with Gasteiger partial charge in [-0.3, -0.25) is 10.1 Å². The van der Waals surface area contributed by atoms with Crippen molar-refractivity contribution in [1.29, 1.82) is 0 Å². The second-order valence-corrected chi connectivity index (χ2v) is 8.14. The molecule has 2 rings (SSSR count). The third kappa shape index (κ3) is 7.30. The minimum Gasteiger partial charge on any atom is -0.350 e. The number of hydrogen-bond acceptors (Lipinski definition) is 7. The highest BCUT2D eigenvalue weighted by atomic mass is 16.6. The normalized spacial score (nSPS) is 16.4. The molecule has 3 N–H and O–H groups in total. The summed E-state index contributed by atoms with van der Waals surface area (Å²) >= 11 is 0. The van der Waals surface area contributed by atoms with Crippen LogP contribution in [0.2, 0.25) is 0 Å². The van der Waals surface area contributed by atoms with Gasteiger partial charge in [-0.05, 0) is 50.3 Å². The fraction of sp³-hybridized carbons (Fsp3) is 0.500. The van der Waals surface area contributed by atoms with Crippen LogP contribution in [0.15, 0.2) is 59.1 Å². The summed E-state index contributed by atoms with van der Waals surface area (Å²) in [5, 5.41) is 14.6. The maximum Gasteiger partial charge on any atom is 0.271 e. The molecule has 1 aliphatic rings. The summed E-state index contributed by atoms with van der Waals surface area (Å²) in [6.45, 7) is 9.87. The lowest BCUT2D eigenvalue weighted by Crippen LogP contribution is -2.29. The van der Waals surface area contributed by atoms with E-state index >= 15 is 0 Å². The van der Waals surface area contributed by atoms with Crippen LogP contribution in [0.1, 0.15) is 70.9 Å². The molecule has 0 aromatic carbocycles.